The number of hydrogen-bond donors (Lipinski definition) is 1. The third-order valence-corrected chi connectivity index (χ3v) is 6.29. The second kappa shape index (κ2) is 9.68. The molecule has 2 aliphatic rings. The molecule has 0 amide bonds. The minimum absolute atomic E-state index is 0.399. The maximum Gasteiger partial charge on any atom is 0.120 e. The van der Waals surface area contributed by atoms with Gasteiger partial charge in [-0.05, 0) is 62.7 Å². The van der Waals surface area contributed by atoms with E-state index in [1.807, 2.05) is 12.4 Å². The molecule has 2 saturated heterocycles. The quantitative estimate of drug-likeness (QED) is 0.757. The molecule has 1 N–H and O–H groups in total. The van der Waals surface area contributed by atoms with Crippen molar-refractivity contribution in [3.63, 3.8) is 0 Å². The van der Waals surface area contributed by atoms with E-state index in [4.69, 9.17) is 4.74 Å². The molecular weight excluding hydrogens is 348 g/mol. The molecule has 3 heterocycles. The number of piperidine rings is 1. The Hall–Kier alpha value is -1.69. The minimum atomic E-state index is 0.399. The van der Waals surface area contributed by atoms with Crippen LogP contribution in [0.1, 0.15) is 42.6 Å². The van der Waals surface area contributed by atoms with Crippen LogP contribution in [-0.4, -0.2) is 58.7 Å². The Morgan fingerprint density at radius 2 is 2.04 bits per heavy atom. The van der Waals surface area contributed by atoms with Gasteiger partial charge in [0.15, 0.2) is 0 Å². The van der Waals surface area contributed by atoms with Gasteiger partial charge in [-0.1, -0.05) is 24.3 Å². The summed E-state index contributed by atoms with van der Waals surface area (Å²) in [4.78, 5) is 12.9. The van der Waals surface area contributed by atoms with Crippen LogP contribution in [0.3, 0.4) is 0 Å². The first-order valence-corrected chi connectivity index (χ1v) is 10.9. The second-order valence-electron chi connectivity index (χ2n) is 8.51. The number of hydrogen-bond acceptors (Lipinski definition) is 4. The van der Waals surface area contributed by atoms with Gasteiger partial charge in [0.25, 0.3) is 0 Å². The zero-order chi connectivity index (χ0) is 19.2. The summed E-state index contributed by atoms with van der Waals surface area (Å²) in [7, 11) is 0. The van der Waals surface area contributed by atoms with Crippen LogP contribution in [0, 0.1) is 12.8 Å². The maximum absolute atomic E-state index is 5.91. The fraction of sp³-hybridized carbons (Fsp3) is 0.609. The van der Waals surface area contributed by atoms with Gasteiger partial charge in [-0.15, -0.1) is 0 Å². The van der Waals surface area contributed by atoms with Crippen LogP contribution in [0.4, 0.5) is 0 Å². The highest BCUT2D eigenvalue weighted by Crippen LogP contribution is 2.23. The molecule has 1 aromatic carbocycles. The second-order valence-corrected chi connectivity index (χ2v) is 8.51. The number of aromatic amines is 1. The largest absolute Gasteiger partial charge is 0.377 e. The topological polar surface area (TPSA) is 44.4 Å². The van der Waals surface area contributed by atoms with E-state index in [-0.39, 0.29) is 0 Å². The normalized spacial score (nSPS) is 21.6. The highest BCUT2D eigenvalue weighted by Gasteiger charge is 2.25. The van der Waals surface area contributed by atoms with Gasteiger partial charge >= 0.3 is 0 Å². The van der Waals surface area contributed by atoms with Crippen molar-refractivity contribution < 1.29 is 4.74 Å². The van der Waals surface area contributed by atoms with Crippen molar-refractivity contribution in [2.24, 2.45) is 5.92 Å². The molecule has 2 aliphatic heterocycles. The molecule has 1 aromatic heterocycles. The molecule has 152 valence electrons. The van der Waals surface area contributed by atoms with Crippen molar-refractivity contribution in [3.8, 4) is 0 Å². The summed E-state index contributed by atoms with van der Waals surface area (Å²) >= 11 is 0. The van der Waals surface area contributed by atoms with E-state index >= 15 is 0 Å². The summed E-state index contributed by atoms with van der Waals surface area (Å²) < 4.78 is 5.91. The molecule has 0 spiro atoms. The molecule has 0 bridgehead atoms. The Morgan fingerprint density at radius 1 is 1.18 bits per heavy atom. The summed E-state index contributed by atoms with van der Waals surface area (Å²) in [6, 6.07) is 8.78. The van der Waals surface area contributed by atoms with E-state index < -0.39 is 0 Å². The number of nitrogens with one attached hydrogen (secondary N) is 1. The first-order valence-electron chi connectivity index (χ1n) is 10.9. The van der Waals surface area contributed by atoms with Gasteiger partial charge < -0.3 is 9.72 Å². The minimum Gasteiger partial charge on any atom is -0.377 e. The summed E-state index contributed by atoms with van der Waals surface area (Å²) in [5.41, 5.74) is 2.88. The van der Waals surface area contributed by atoms with Crippen molar-refractivity contribution in [1.29, 1.82) is 0 Å². The average Bonchev–Trinajstić information content (AvgIpc) is 3.39. The van der Waals surface area contributed by atoms with E-state index in [1.165, 1.54) is 49.9 Å². The van der Waals surface area contributed by atoms with Gasteiger partial charge in [-0.3, -0.25) is 9.80 Å². The van der Waals surface area contributed by atoms with Gasteiger partial charge in [-0.25, -0.2) is 4.98 Å². The molecule has 1 unspecified atom stereocenters. The van der Waals surface area contributed by atoms with Crippen LogP contribution < -0.4 is 0 Å². The molecule has 28 heavy (non-hydrogen) atoms. The van der Waals surface area contributed by atoms with E-state index in [0.717, 1.165) is 44.5 Å². The van der Waals surface area contributed by atoms with Crippen LogP contribution in [0.2, 0.25) is 0 Å². The number of H-pyrrole nitrogens is 1. The first kappa shape index (κ1) is 19.6. The van der Waals surface area contributed by atoms with Crippen molar-refractivity contribution in [2.75, 3.05) is 32.8 Å². The SMILES string of the molecule is Cc1ccccc1CN1CCC(CN(Cc2ncc[nH]2)CC2CCCO2)CC1. The highest BCUT2D eigenvalue weighted by atomic mass is 16.5. The molecular formula is C23H34N4O. The van der Waals surface area contributed by atoms with Crippen LogP contribution >= 0.6 is 0 Å². The van der Waals surface area contributed by atoms with Crippen LogP contribution in [-0.2, 0) is 17.8 Å². The number of likely N-dealkylation sites (tertiary alicyclic amines) is 1. The van der Waals surface area contributed by atoms with Crippen LogP contribution in [0.5, 0.6) is 0 Å². The number of aromatic nitrogens is 2. The third-order valence-electron chi connectivity index (χ3n) is 6.29. The number of rotatable bonds is 8. The average molecular weight is 383 g/mol. The smallest absolute Gasteiger partial charge is 0.120 e. The third kappa shape index (κ3) is 5.43. The molecule has 0 aliphatic carbocycles. The zero-order valence-corrected chi connectivity index (χ0v) is 17.1. The lowest BCUT2D eigenvalue weighted by molar-refractivity contribution is 0.0561. The summed E-state index contributed by atoms with van der Waals surface area (Å²) in [6.45, 7) is 9.72. The lowest BCUT2D eigenvalue weighted by Crippen LogP contribution is -2.40. The van der Waals surface area contributed by atoms with Crippen molar-refractivity contribution in [2.45, 2.75) is 51.8 Å². The van der Waals surface area contributed by atoms with Crippen molar-refractivity contribution >= 4 is 0 Å². The van der Waals surface area contributed by atoms with Crippen molar-refractivity contribution in [1.82, 2.24) is 19.8 Å². The lowest BCUT2D eigenvalue weighted by Gasteiger charge is -2.35. The number of ether oxygens (including phenoxy) is 1. The predicted molar refractivity (Wildman–Crippen MR) is 112 cm³/mol. The molecule has 5 nitrogen and oxygen atoms in total. The van der Waals surface area contributed by atoms with Gasteiger partial charge in [0.05, 0.1) is 12.6 Å². The molecule has 0 radical (unpaired) electrons. The molecule has 5 heteroatoms. The van der Waals surface area contributed by atoms with E-state index in [2.05, 4.69) is 51.0 Å². The summed E-state index contributed by atoms with van der Waals surface area (Å²) in [5.74, 6) is 1.83. The van der Waals surface area contributed by atoms with Gasteiger partial charge in [0, 0.05) is 38.6 Å². The summed E-state index contributed by atoms with van der Waals surface area (Å²) in [6.07, 6.45) is 9.14. The Morgan fingerprint density at radius 3 is 2.75 bits per heavy atom. The predicted octanol–water partition coefficient (Wildman–Crippen LogP) is 3.61. The monoisotopic (exact) mass is 382 g/mol. The van der Waals surface area contributed by atoms with E-state index in [9.17, 15) is 0 Å². The maximum atomic E-state index is 5.91. The lowest BCUT2D eigenvalue weighted by atomic mass is 9.95. The molecule has 0 saturated carbocycles. The number of nitrogens with zero attached hydrogens (tertiary/aromatic N) is 3. The van der Waals surface area contributed by atoms with E-state index in [1.54, 1.807) is 0 Å². The van der Waals surface area contributed by atoms with Crippen molar-refractivity contribution in [3.05, 3.63) is 53.6 Å². The van der Waals surface area contributed by atoms with Gasteiger partial charge in [-0.2, -0.15) is 0 Å². The Balaban J connectivity index is 1.28. The fourth-order valence-electron chi connectivity index (χ4n) is 4.60. The van der Waals surface area contributed by atoms with Gasteiger partial charge in [0.1, 0.15) is 5.82 Å². The van der Waals surface area contributed by atoms with Crippen LogP contribution in [0.15, 0.2) is 36.7 Å². The van der Waals surface area contributed by atoms with E-state index in [0.29, 0.717) is 6.10 Å². The number of aryl methyl sites for hydroxylation is 1. The Kier molecular flexibility index (Phi) is 6.78. The van der Waals surface area contributed by atoms with Crippen LogP contribution in [0.25, 0.3) is 0 Å². The zero-order valence-electron chi connectivity index (χ0n) is 17.1. The molecule has 4 rings (SSSR count). The van der Waals surface area contributed by atoms with Gasteiger partial charge in [0.2, 0.25) is 0 Å². The highest BCUT2D eigenvalue weighted by molar-refractivity contribution is 5.25. The number of benzene rings is 1. The Bertz CT molecular complexity index is 703. The summed E-state index contributed by atoms with van der Waals surface area (Å²) in [5, 5.41) is 0. The molecule has 2 fully saturated rings. The fourth-order valence-corrected chi connectivity index (χ4v) is 4.60. The molecule has 1 atom stereocenters. The molecule has 2 aromatic rings. The standard InChI is InChI=1S/C23H34N4O/c1-19-5-2-3-6-21(19)16-26-12-8-20(9-13-26)15-27(17-22-7-4-14-28-22)18-23-24-10-11-25-23/h2-3,5-6,10-11,20,22H,4,7-9,12-18H2,1H3,(H,24,25). The first-order chi connectivity index (χ1) is 13.8. The number of imidazole rings is 1. The Labute approximate surface area is 169 Å².